The smallest absolute Gasteiger partial charge is 0.337 e. The lowest BCUT2D eigenvalue weighted by Crippen LogP contribution is -2.38. The highest BCUT2D eigenvalue weighted by atomic mass is 16.5. The van der Waals surface area contributed by atoms with Gasteiger partial charge in [0.05, 0.1) is 17.6 Å². The second-order valence-corrected chi connectivity index (χ2v) is 4.53. The molecule has 2 unspecified atom stereocenters. The van der Waals surface area contributed by atoms with Crippen molar-refractivity contribution in [1.29, 1.82) is 0 Å². The van der Waals surface area contributed by atoms with Gasteiger partial charge in [-0.1, -0.05) is 13.0 Å². The molecule has 0 aromatic carbocycles. The van der Waals surface area contributed by atoms with Crippen molar-refractivity contribution in [2.75, 3.05) is 6.61 Å². The minimum absolute atomic E-state index is 0.0396. The summed E-state index contributed by atoms with van der Waals surface area (Å²) in [7, 11) is 0. The molecular formula is C13H16O6. The molecular weight excluding hydrogens is 252 g/mol. The maximum absolute atomic E-state index is 11.7. The normalized spacial score (nSPS) is 26.2. The average molecular weight is 268 g/mol. The van der Waals surface area contributed by atoms with Gasteiger partial charge in [-0.3, -0.25) is 4.79 Å². The van der Waals surface area contributed by atoms with Gasteiger partial charge in [0.25, 0.3) is 0 Å². The summed E-state index contributed by atoms with van der Waals surface area (Å²) in [5, 5.41) is 18.4. The largest absolute Gasteiger partial charge is 0.481 e. The van der Waals surface area contributed by atoms with Crippen LogP contribution in [0.1, 0.15) is 20.8 Å². The van der Waals surface area contributed by atoms with Crippen LogP contribution in [0.25, 0.3) is 0 Å². The van der Waals surface area contributed by atoms with Crippen molar-refractivity contribution in [2.45, 2.75) is 20.8 Å². The topological polar surface area (TPSA) is 101 Å². The van der Waals surface area contributed by atoms with Gasteiger partial charge in [-0.05, 0) is 19.9 Å². The Labute approximate surface area is 110 Å². The minimum Gasteiger partial charge on any atom is -0.481 e. The zero-order chi connectivity index (χ0) is 14.8. The Balaban J connectivity index is 3.33. The molecule has 0 radical (unpaired) electrons. The molecule has 2 atom stereocenters. The fourth-order valence-corrected chi connectivity index (χ4v) is 1.93. The Morgan fingerprint density at radius 2 is 1.95 bits per heavy atom. The number of hydrogen-bond donors (Lipinski definition) is 2. The zero-order valence-electron chi connectivity index (χ0n) is 11.0. The third-order valence-electron chi connectivity index (χ3n) is 3.35. The molecule has 0 heterocycles. The summed E-state index contributed by atoms with van der Waals surface area (Å²) < 4.78 is 4.78. The molecule has 0 bridgehead atoms. The van der Waals surface area contributed by atoms with Crippen molar-refractivity contribution < 1.29 is 29.3 Å². The summed E-state index contributed by atoms with van der Waals surface area (Å²) in [5.41, 5.74) is -1.61. The minimum atomic E-state index is -1.45. The Bertz CT molecular complexity index is 487. The van der Waals surface area contributed by atoms with Crippen molar-refractivity contribution in [3.8, 4) is 0 Å². The highest BCUT2D eigenvalue weighted by Crippen LogP contribution is 2.40. The summed E-state index contributed by atoms with van der Waals surface area (Å²) in [6.07, 6.45) is 2.43. The van der Waals surface area contributed by atoms with Crippen LogP contribution in [0, 0.1) is 11.3 Å². The number of carboxylic acid groups (broad SMARTS) is 2. The van der Waals surface area contributed by atoms with E-state index in [4.69, 9.17) is 9.84 Å². The molecule has 0 saturated carbocycles. The van der Waals surface area contributed by atoms with Crippen molar-refractivity contribution in [3.63, 3.8) is 0 Å². The van der Waals surface area contributed by atoms with Crippen LogP contribution in [0.4, 0.5) is 0 Å². The van der Waals surface area contributed by atoms with Crippen molar-refractivity contribution >= 4 is 17.9 Å². The molecule has 19 heavy (non-hydrogen) atoms. The van der Waals surface area contributed by atoms with E-state index in [9.17, 15) is 19.5 Å². The van der Waals surface area contributed by atoms with Crippen LogP contribution in [-0.4, -0.2) is 34.7 Å². The summed E-state index contributed by atoms with van der Waals surface area (Å²) in [6.45, 7) is 4.63. The van der Waals surface area contributed by atoms with Gasteiger partial charge in [0, 0.05) is 11.5 Å². The third-order valence-corrected chi connectivity index (χ3v) is 3.35. The first-order valence-electron chi connectivity index (χ1n) is 5.82. The number of rotatable bonds is 4. The Hall–Kier alpha value is -2.11. The van der Waals surface area contributed by atoms with Crippen LogP contribution >= 0.6 is 0 Å². The van der Waals surface area contributed by atoms with Gasteiger partial charge >= 0.3 is 17.9 Å². The van der Waals surface area contributed by atoms with E-state index < -0.39 is 29.2 Å². The van der Waals surface area contributed by atoms with Gasteiger partial charge in [-0.25, -0.2) is 9.59 Å². The van der Waals surface area contributed by atoms with Gasteiger partial charge in [-0.2, -0.15) is 0 Å². The SMILES string of the molecule is CCOC(=O)C1=CC(C)(C(=O)O)C(C)C(C(=O)O)=C1. The lowest BCUT2D eigenvalue weighted by molar-refractivity contribution is -0.147. The van der Waals surface area contributed by atoms with Gasteiger partial charge in [0.1, 0.15) is 0 Å². The molecule has 1 aliphatic rings. The highest BCUT2D eigenvalue weighted by Gasteiger charge is 2.44. The summed E-state index contributed by atoms with van der Waals surface area (Å²) in [5.74, 6) is -3.90. The lowest BCUT2D eigenvalue weighted by Gasteiger charge is -2.32. The first kappa shape index (κ1) is 14.9. The van der Waals surface area contributed by atoms with Gasteiger partial charge in [0.15, 0.2) is 0 Å². The van der Waals surface area contributed by atoms with Crippen molar-refractivity contribution in [3.05, 3.63) is 23.3 Å². The molecule has 0 spiro atoms. The molecule has 0 aliphatic heterocycles. The third kappa shape index (κ3) is 2.67. The van der Waals surface area contributed by atoms with Crippen LogP contribution in [0.15, 0.2) is 23.3 Å². The van der Waals surface area contributed by atoms with Crippen LogP contribution in [0.3, 0.4) is 0 Å². The van der Waals surface area contributed by atoms with E-state index in [1.165, 1.54) is 26.0 Å². The van der Waals surface area contributed by atoms with E-state index in [1.54, 1.807) is 6.92 Å². The molecule has 2 N–H and O–H groups in total. The molecule has 104 valence electrons. The summed E-state index contributed by atoms with van der Waals surface area (Å²) >= 11 is 0. The molecule has 0 saturated heterocycles. The first-order valence-corrected chi connectivity index (χ1v) is 5.82. The van der Waals surface area contributed by atoms with Gasteiger partial charge < -0.3 is 14.9 Å². The van der Waals surface area contributed by atoms with Crippen molar-refractivity contribution in [1.82, 2.24) is 0 Å². The van der Waals surface area contributed by atoms with E-state index in [-0.39, 0.29) is 17.8 Å². The Kier molecular flexibility index (Phi) is 4.14. The number of aliphatic carboxylic acids is 2. The average Bonchev–Trinajstić information content (AvgIpc) is 2.32. The second kappa shape index (κ2) is 5.26. The van der Waals surface area contributed by atoms with E-state index in [2.05, 4.69) is 0 Å². The second-order valence-electron chi connectivity index (χ2n) is 4.53. The van der Waals surface area contributed by atoms with Gasteiger partial charge in [-0.15, -0.1) is 0 Å². The molecule has 0 amide bonds. The number of carboxylic acids is 2. The molecule has 1 aliphatic carbocycles. The Morgan fingerprint density at radius 3 is 2.37 bits per heavy atom. The van der Waals surface area contributed by atoms with Crippen LogP contribution in [0.5, 0.6) is 0 Å². The number of carbonyl (C=O) groups is 3. The maximum atomic E-state index is 11.7. The quantitative estimate of drug-likeness (QED) is 0.743. The molecule has 0 fully saturated rings. The predicted octanol–water partition coefficient (Wildman–Crippen LogP) is 1.23. The molecule has 1 rings (SSSR count). The Morgan fingerprint density at radius 1 is 1.37 bits per heavy atom. The number of ether oxygens (including phenoxy) is 1. The fraction of sp³-hybridized carbons (Fsp3) is 0.462. The van der Waals surface area contributed by atoms with Crippen LogP contribution in [-0.2, 0) is 19.1 Å². The molecule has 0 aromatic heterocycles. The summed E-state index contributed by atoms with van der Waals surface area (Å²) in [4.78, 5) is 34.2. The predicted molar refractivity (Wildman–Crippen MR) is 65.3 cm³/mol. The van der Waals surface area contributed by atoms with Crippen LogP contribution < -0.4 is 0 Å². The number of carbonyl (C=O) groups excluding carboxylic acids is 1. The van der Waals surface area contributed by atoms with E-state index in [1.807, 2.05) is 0 Å². The van der Waals surface area contributed by atoms with E-state index in [0.717, 1.165) is 0 Å². The zero-order valence-corrected chi connectivity index (χ0v) is 11.0. The number of hydrogen-bond acceptors (Lipinski definition) is 4. The van der Waals surface area contributed by atoms with E-state index in [0.29, 0.717) is 0 Å². The highest BCUT2D eigenvalue weighted by molar-refractivity contribution is 5.99. The van der Waals surface area contributed by atoms with E-state index >= 15 is 0 Å². The standard InChI is InChI=1S/C13H16O6/c1-4-19-11(16)8-5-9(10(14)15)7(2)13(3,6-8)12(17)18/h5-7H,4H2,1-3H3,(H,14,15)(H,17,18). The van der Waals surface area contributed by atoms with Crippen LogP contribution in [0.2, 0.25) is 0 Å². The van der Waals surface area contributed by atoms with Crippen molar-refractivity contribution in [2.24, 2.45) is 11.3 Å². The number of esters is 1. The summed E-state index contributed by atoms with van der Waals surface area (Å²) in [6, 6.07) is 0. The molecule has 0 aromatic rings. The molecule has 6 nitrogen and oxygen atoms in total. The van der Waals surface area contributed by atoms with Gasteiger partial charge in [0.2, 0.25) is 0 Å². The maximum Gasteiger partial charge on any atom is 0.337 e. The monoisotopic (exact) mass is 268 g/mol. The fourth-order valence-electron chi connectivity index (χ4n) is 1.93. The molecule has 6 heteroatoms. The lowest BCUT2D eigenvalue weighted by atomic mass is 9.69. The first-order chi connectivity index (χ1) is 8.74.